The smallest absolute Gasteiger partial charge is 0.113 e. The van der Waals surface area contributed by atoms with Crippen molar-refractivity contribution in [3.05, 3.63) is 34.9 Å². The second kappa shape index (κ2) is 3.46. The largest absolute Gasteiger partial charge is 0.340 e. The third kappa shape index (κ3) is 1.47. The molecule has 0 radical (unpaired) electrons. The molecule has 0 bridgehead atoms. The number of hydrogen-bond donors (Lipinski definition) is 1. The fraction of sp³-hybridized carbons (Fsp3) is 0.400. The highest BCUT2D eigenvalue weighted by Gasteiger charge is 2.21. The Hall–Kier alpha value is -0.530. The van der Waals surface area contributed by atoms with Gasteiger partial charge in [0.15, 0.2) is 0 Å². The lowest BCUT2D eigenvalue weighted by Gasteiger charge is -2.08. The van der Waals surface area contributed by atoms with Crippen LogP contribution in [-0.2, 0) is 0 Å². The van der Waals surface area contributed by atoms with Crippen LogP contribution in [0.1, 0.15) is 24.4 Å². The zero-order valence-corrected chi connectivity index (χ0v) is 7.72. The molecule has 1 aliphatic heterocycles. The average Bonchev–Trinajstić information content (AvgIpc) is 2.57. The predicted molar refractivity (Wildman–Crippen MR) is 50.2 cm³/mol. The van der Waals surface area contributed by atoms with Crippen LogP contribution in [0.4, 0.5) is 0 Å². The van der Waals surface area contributed by atoms with Crippen molar-refractivity contribution in [3.63, 3.8) is 0 Å². The second-order valence-electron chi connectivity index (χ2n) is 3.29. The van der Waals surface area contributed by atoms with Gasteiger partial charge in [0.1, 0.15) is 6.04 Å². The van der Waals surface area contributed by atoms with Gasteiger partial charge in [-0.2, -0.15) is 0 Å². The lowest BCUT2D eigenvalue weighted by Crippen LogP contribution is -2.81. The van der Waals surface area contributed by atoms with Gasteiger partial charge in [0.25, 0.3) is 0 Å². The van der Waals surface area contributed by atoms with Crippen LogP contribution in [0.15, 0.2) is 24.3 Å². The Labute approximate surface area is 77.7 Å². The maximum atomic E-state index is 6.08. The molecule has 12 heavy (non-hydrogen) atoms. The van der Waals surface area contributed by atoms with Crippen molar-refractivity contribution in [2.24, 2.45) is 0 Å². The molecule has 64 valence electrons. The Bertz CT molecular complexity index is 266. The van der Waals surface area contributed by atoms with Gasteiger partial charge in [-0.25, -0.2) is 0 Å². The van der Waals surface area contributed by atoms with Crippen LogP contribution in [0, 0.1) is 0 Å². The Morgan fingerprint density at radius 3 is 2.83 bits per heavy atom. The van der Waals surface area contributed by atoms with Gasteiger partial charge in [-0.1, -0.05) is 29.8 Å². The summed E-state index contributed by atoms with van der Waals surface area (Å²) in [6, 6.07) is 8.77. The summed E-state index contributed by atoms with van der Waals surface area (Å²) < 4.78 is 0. The first-order valence-corrected chi connectivity index (χ1v) is 4.83. The molecular weight excluding hydrogens is 170 g/mol. The minimum Gasteiger partial charge on any atom is -0.340 e. The van der Waals surface area contributed by atoms with E-state index in [4.69, 9.17) is 11.6 Å². The maximum absolute atomic E-state index is 6.08. The zero-order valence-electron chi connectivity index (χ0n) is 6.96. The number of rotatable bonds is 1. The Kier molecular flexibility index (Phi) is 2.33. The van der Waals surface area contributed by atoms with Crippen molar-refractivity contribution >= 4 is 11.6 Å². The Morgan fingerprint density at radius 2 is 2.17 bits per heavy atom. The van der Waals surface area contributed by atoms with E-state index in [0.29, 0.717) is 6.04 Å². The number of nitrogens with two attached hydrogens (primary N) is 1. The van der Waals surface area contributed by atoms with Gasteiger partial charge in [0.05, 0.1) is 6.54 Å². The number of quaternary nitrogens is 1. The minimum atomic E-state index is 0.610. The quantitative estimate of drug-likeness (QED) is 0.682. The van der Waals surface area contributed by atoms with Gasteiger partial charge < -0.3 is 5.32 Å². The van der Waals surface area contributed by atoms with Crippen molar-refractivity contribution in [3.8, 4) is 0 Å². The lowest BCUT2D eigenvalue weighted by atomic mass is 10.1. The van der Waals surface area contributed by atoms with E-state index in [1.165, 1.54) is 24.9 Å². The molecule has 0 amide bonds. The topological polar surface area (TPSA) is 16.6 Å². The molecule has 1 aromatic carbocycles. The van der Waals surface area contributed by atoms with Gasteiger partial charge in [0, 0.05) is 23.4 Å². The molecule has 2 heteroatoms. The molecule has 1 fully saturated rings. The maximum Gasteiger partial charge on any atom is 0.113 e. The standard InChI is InChI=1S/C10H12ClN/c11-9-5-2-1-4-8(9)10-6-3-7-12-10/h1-2,4-5,10,12H,3,6-7H2/p+1. The van der Waals surface area contributed by atoms with Gasteiger partial charge in [-0.05, 0) is 6.07 Å². The Morgan fingerprint density at radius 1 is 1.33 bits per heavy atom. The summed E-state index contributed by atoms with van der Waals surface area (Å²) in [5, 5.41) is 3.29. The van der Waals surface area contributed by atoms with Crippen molar-refractivity contribution in [1.82, 2.24) is 0 Å². The molecule has 0 aromatic heterocycles. The molecule has 2 N–H and O–H groups in total. The van der Waals surface area contributed by atoms with E-state index in [2.05, 4.69) is 17.4 Å². The summed E-state index contributed by atoms with van der Waals surface area (Å²) in [5.41, 5.74) is 1.30. The molecule has 1 nitrogen and oxygen atoms in total. The zero-order chi connectivity index (χ0) is 8.39. The van der Waals surface area contributed by atoms with Crippen LogP contribution in [0.5, 0.6) is 0 Å². The monoisotopic (exact) mass is 182 g/mol. The first kappa shape index (κ1) is 8.09. The first-order valence-electron chi connectivity index (χ1n) is 4.45. The molecule has 1 aliphatic rings. The van der Waals surface area contributed by atoms with Crippen LogP contribution < -0.4 is 5.32 Å². The number of hydrogen-bond acceptors (Lipinski definition) is 0. The van der Waals surface area contributed by atoms with Gasteiger partial charge >= 0.3 is 0 Å². The van der Waals surface area contributed by atoms with Gasteiger partial charge in [0.2, 0.25) is 0 Å². The fourth-order valence-electron chi connectivity index (χ4n) is 1.83. The van der Waals surface area contributed by atoms with Crippen LogP contribution in [0.3, 0.4) is 0 Å². The minimum absolute atomic E-state index is 0.610. The summed E-state index contributed by atoms with van der Waals surface area (Å²) >= 11 is 6.08. The van der Waals surface area contributed by atoms with E-state index >= 15 is 0 Å². The van der Waals surface area contributed by atoms with Crippen LogP contribution in [0.2, 0.25) is 5.02 Å². The lowest BCUT2D eigenvalue weighted by molar-refractivity contribution is -0.676. The summed E-state index contributed by atoms with van der Waals surface area (Å²) in [5.74, 6) is 0. The first-order chi connectivity index (χ1) is 5.88. The van der Waals surface area contributed by atoms with E-state index in [9.17, 15) is 0 Å². The third-order valence-electron chi connectivity index (χ3n) is 2.48. The molecule has 2 rings (SSSR count). The highest BCUT2D eigenvalue weighted by Crippen LogP contribution is 2.24. The summed E-state index contributed by atoms with van der Waals surface area (Å²) in [6.07, 6.45) is 2.58. The van der Waals surface area contributed by atoms with Crippen LogP contribution in [-0.4, -0.2) is 6.54 Å². The molecular formula is C10H13ClN+. The third-order valence-corrected chi connectivity index (χ3v) is 2.82. The summed E-state index contributed by atoms with van der Waals surface area (Å²) in [7, 11) is 0. The van der Waals surface area contributed by atoms with E-state index in [0.717, 1.165) is 5.02 Å². The molecule has 1 unspecified atom stereocenters. The van der Waals surface area contributed by atoms with Crippen molar-refractivity contribution in [1.29, 1.82) is 0 Å². The summed E-state index contributed by atoms with van der Waals surface area (Å²) in [4.78, 5) is 0. The molecule has 1 heterocycles. The highest BCUT2D eigenvalue weighted by molar-refractivity contribution is 6.31. The number of halogens is 1. The van der Waals surface area contributed by atoms with Crippen molar-refractivity contribution in [2.45, 2.75) is 18.9 Å². The van der Waals surface area contributed by atoms with Crippen LogP contribution >= 0.6 is 11.6 Å². The normalized spacial score (nSPS) is 22.9. The fourth-order valence-corrected chi connectivity index (χ4v) is 2.11. The van der Waals surface area contributed by atoms with E-state index in [1.54, 1.807) is 0 Å². The van der Waals surface area contributed by atoms with E-state index in [1.807, 2.05) is 12.1 Å². The average molecular weight is 183 g/mol. The van der Waals surface area contributed by atoms with E-state index in [-0.39, 0.29) is 0 Å². The van der Waals surface area contributed by atoms with Gasteiger partial charge in [-0.3, -0.25) is 0 Å². The second-order valence-corrected chi connectivity index (χ2v) is 3.70. The van der Waals surface area contributed by atoms with Crippen LogP contribution in [0.25, 0.3) is 0 Å². The SMILES string of the molecule is Clc1ccccc1C1CCC[NH2+]1. The van der Waals surface area contributed by atoms with Crippen molar-refractivity contribution in [2.75, 3.05) is 6.54 Å². The van der Waals surface area contributed by atoms with E-state index < -0.39 is 0 Å². The predicted octanol–water partition coefficient (Wildman–Crippen LogP) is 1.74. The molecule has 0 saturated carbocycles. The van der Waals surface area contributed by atoms with Gasteiger partial charge in [-0.15, -0.1) is 0 Å². The molecule has 1 atom stereocenters. The summed E-state index contributed by atoms with van der Waals surface area (Å²) in [6.45, 7) is 1.25. The molecule has 1 saturated heterocycles. The molecule has 0 spiro atoms. The Balaban J connectivity index is 2.26. The molecule has 1 aromatic rings. The number of benzene rings is 1. The van der Waals surface area contributed by atoms with Crippen molar-refractivity contribution < 1.29 is 5.32 Å². The highest BCUT2D eigenvalue weighted by atomic mass is 35.5. The molecule has 0 aliphatic carbocycles.